The molecule has 9 heteroatoms. The summed E-state index contributed by atoms with van der Waals surface area (Å²) in [5.41, 5.74) is 1.92. The lowest BCUT2D eigenvalue weighted by Gasteiger charge is -2.24. The van der Waals surface area contributed by atoms with Crippen LogP contribution in [0.15, 0.2) is 27.9 Å². The monoisotopic (exact) mass is 288 g/mol. The first kappa shape index (κ1) is 16.3. The van der Waals surface area contributed by atoms with Gasteiger partial charge in [0.05, 0.1) is 19.1 Å². The Morgan fingerprint density at radius 2 is 2.05 bits per heavy atom. The van der Waals surface area contributed by atoms with Gasteiger partial charge in [0, 0.05) is 0 Å². The van der Waals surface area contributed by atoms with E-state index in [1.807, 2.05) is 5.43 Å². The van der Waals surface area contributed by atoms with Gasteiger partial charge in [-0.05, 0) is 12.1 Å². The van der Waals surface area contributed by atoms with Gasteiger partial charge in [-0.1, -0.05) is 0 Å². The Morgan fingerprint density at radius 1 is 1.35 bits per heavy atom. The second-order valence-corrected chi connectivity index (χ2v) is 3.93. The van der Waals surface area contributed by atoms with Crippen LogP contribution in [0.5, 0.6) is 0 Å². The maximum atomic E-state index is 11.4. The van der Waals surface area contributed by atoms with Crippen molar-refractivity contribution in [1.29, 1.82) is 0 Å². The van der Waals surface area contributed by atoms with Crippen molar-refractivity contribution < 1.29 is 34.7 Å². The summed E-state index contributed by atoms with van der Waals surface area (Å²) in [5.74, 6) is -0.736. The van der Waals surface area contributed by atoms with Gasteiger partial charge < -0.3 is 29.9 Å². The Hall–Kier alpha value is -1.78. The molecule has 0 saturated carbocycles. The van der Waals surface area contributed by atoms with Gasteiger partial charge in [-0.15, -0.1) is 0 Å². The minimum atomic E-state index is -2.03. The zero-order valence-corrected chi connectivity index (χ0v) is 10.3. The maximum absolute atomic E-state index is 11.4. The fraction of sp³-hybridized carbons (Fsp3) is 0.455. The third kappa shape index (κ3) is 4.40. The van der Waals surface area contributed by atoms with Crippen molar-refractivity contribution in [3.63, 3.8) is 0 Å². The zero-order valence-electron chi connectivity index (χ0n) is 10.3. The number of aliphatic hydroxyl groups is 5. The van der Waals surface area contributed by atoms with Crippen molar-refractivity contribution >= 4 is 12.1 Å². The highest BCUT2D eigenvalue weighted by Gasteiger charge is 2.34. The molecule has 1 aromatic rings. The minimum Gasteiger partial charge on any atom is -0.463 e. The lowest BCUT2D eigenvalue weighted by atomic mass is 10.0. The molecule has 1 aromatic heterocycles. The number of nitrogens with one attached hydrogen (secondary N) is 1. The first-order chi connectivity index (χ1) is 9.47. The molecule has 112 valence electrons. The van der Waals surface area contributed by atoms with Crippen molar-refractivity contribution in [3.05, 3.63) is 24.2 Å². The molecule has 0 fully saturated rings. The molecule has 0 radical (unpaired) electrons. The molecule has 1 rings (SSSR count). The highest BCUT2D eigenvalue weighted by atomic mass is 16.4. The quantitative estimate of drug-likeness (QED) is 0.233. The van der Waals surface area contributed by atoms with E-state index in [1.54, 1.807) is 12.1 Å². The molecule has 0 aliphatic carbocycles. The number of hydrogen-bond acceptors (Lipinski definition) is 8. The molecule has 1 heterocycles. The molecule has 9 nitrogen and oxygen atoms in total. The fourth-order valence-electron chi connectivity index (χ4n) is 1.27. The smallest absolute Gasteiger partial charge is 0.271 e. The van der Waals surface area contributed by atoms with Crippen LogP contribution >= 0.6 is 0 Å². The summed E-state index contributed by atoms with van der Waals surface area (Å²) in [6.07, 6.45) is -5.01. The first-order valence-electron chi connectivity index (χ1n) is 5.67. The summed E-state index contributed by atoms with van der Waals surface area (Å²) in [6.45, 7) is -0.830. The topological polar surface area (TPSA) is 156 Å². The van der Waals surface area contributed by atoms with Crippen molar-refractivity contribution in [2.75, 3.05) is 6.61 Å². The van der Waals surface area contributed by atoms with Gasteiger partial charge in [0.2, 0.25) is 0 Å². The van der Waals surface area contributed by atoms with Crippen molar-refractivity contribution in [2.24, 2.45) is 5.10 Å². The SMILES string of the molecule is O=C(N/N=C\c1ccco1)[C@H](O)[C@@H](O)[C@H](O)[C@@H](O)CO. The predicted octanol–water partition coefficient (Wildman–Crippen LogP) is -2.83. The van der Waals surface area contributed by atoms with Crippen LogP contribution in [0.25, 0.3) is 0 Å². The van der Waals surface area contributed by atoms with Gasteiger partial charge in [-0.3, -0.25) is 4.79 Å². The Balaban J connectivity index is 2.49. The normalized spacial score (nSPS) is 17.6. The molecule has 1 amide bonds. The van der Waals surface area contributed by atoms with E-state index in [0.717, 1.165) is 6.21 Å². The summed E-state index contributed by atoms with van der Waals surface area (Å²) in [5, 5.41) is 49.3. The molecule has 0 saturated heterocycles. The number of carbonyl (C=O) groups is 1. The summed E-state index contributed by atoms with van der Waals surface area (Å²) in [4.78, 5) is 11.4. The largest absolute Gasteiger partial charge is 0.463 e. The molecule has 0 aromatic carbocycles. The van der Waals surface area contributed by atoms with E-state index in [-0.39, 0.29) is 0 Å². The summed E-state index contributed by atoms with van der Waals surface area (Å²) >= 11 is 0. The molecule has 20 heavy (non-hydrogen) atoms. The van der Waals surface area contributed by atoms with Crippen LogP contribution in [0.3, 0.4) is 0 Å². The van der Waals surface area contributed by atoms with Crippen LogP contribution < -0.4 is 5.43 Å². The van der Waals surface area contributed by atoms with Crippen LogP contribution in [0.1, 0.15) is 5.76 Å². The Labute approximate surface area is 113 Å². The number of nitrogens with zero attached hydrogens (tertiary/aromatic N) is 1. The number of furan rings is 1. The lowest BCUT2D eigenvalue weighted by molar-refractivity contribution is -0.148. The van der Waals surface area contributed by atoms with Crippen LogP contribution in [0.4, 0.5) is 0 Å². The Kier molecular flexibility index (Phi) is 6.28. The second kappa shape index (κ2) is 7.72. The number of aliphatic hydroxyl groups excluding tert-OH is 5. The Morgan fingerprint density at radius 3 is 2.60 bits per heavy atom. The van der Waals surface area contributed by atoms with Crippen LogP contribution in [-0.4, -0.2) is 68.7 Å². The number of hydrazone groups is 1. The molecule has 0 bridgehead atoms. The van der Waals surface area contributed by atoms with Gasteiger partial charge in [0.25, 0.3) is 5.91 Å². The zero-order chi connectivity index (χ0) is 15.1. The molecule has 0 aliphatic heterocycles. The van der Waals surface area contributed by atoms with Gasteiger partial charge in [-0.2, -0.15) is 5.10 Å². The molecule has 0 aliphatic rings. The fourth-order valence-corrected chi connectivity index (χ4v) is 1.27. The van der Waals surface area contributed by atoms with Gasteiger partial charge in [0.15, 0.2) is 6.10 Å². The maximum Gasteiger partial charge on any atom is 0.271 e. The molecule has 4 atom stereocenters. The lowest BCUT2D eigenvalue weighted by Crippen LogP contribution is -2.50. The van der Waals surface area contributed by atoms with Gasteiger partial charge >= 0.3 is 0 Å². The standard InChI is InChI=1S/C11H16N2O7/c14-5-7(15)8(16)9(17)10(18)11(19)13-12-4-6-2-1-3-20-6/h1-4,7-10,14-18H,5H2,(H,13,19)/b12-4-/t7-,8+,9-,10+/m0/s1. The molecule has 0 unspecified atom stereocenters. The number of amides is 1. The van der Waals surface area contributed by atoms with E-state index >= 15 is 0 Å². The average Bonchev–Trinajstić information content (AvgIpc) is 2.97. The second-order valence-electron chi connectivity index (χ2n) is 3.93. The van der Waals surface area contributed by atoms with E-state index in [1.165, 1.54) is 6.26 Å². The molecule has 6 N–H and O–H groups in total. The third-order valence-corrected chi connectivity index (χ3v) is 2.43. The van der Waals surface area contributed by atoms with E-state index < -0.39 is 36.9 Å². The van der Waals surface area contributed by atoms with E-state index in [4.69, 9.17) is 14.6 Å². The first-order valence-corrected chi connectivity index (χ1v) is 5.67. The van der Waals surface area contributed by atoms with Crippen molar-refractivity contribution in [3.8, 4) is 0 Å². The number of rotatable bonds is 7. The van der Waals surface area contributed by atoms with Gasteiger partial charge in [-0.25, -0.2) is 5.43 Å². The highest BCUT2D eigenvalue weighted by Crippen LogP contribution is 2.05. The van der Waals surface area contributed by atoms with Gasteiger partial charge in [0.1, 0.15) is 24.1 Å². The molecular weight excluding hydrogens is 272 g/mol. The van der Waals surface area contributed by atoms with E-state index in [2.05, 4.69) is 5.10 Å². The van der Waals surface area contributed by atoms with Crippen LogP contribution in [0.2, 0.25) is 0 Å². The van der Waals surface area contributed by atoms with Crippen LogP contribution in [-0.2, 0) is 4.79 Å². The summed E-state index contributed by atoms with van der Waals surface area (Å²) < 4.78 is 4.89. The molecule has 0 spiro atoms. The number of hydrogen-bond donors (Lipinski definition) is 6. The number of carbonyl (C=O) groups excluding carboxylic acids is 1. The predicted molar refractivity (Wildman–Crippen MR) is 65.6 cm³/mol. The average molecular weight is 288 g/mol. The third-order valence-electron chi connectivity index (χ3n) is 2.43. The summed E-state index contributed by atoms with van der Waals surface area (Å²) in [7, 11) is 0. The minimum absolute atomic E-state index is 0.357. The van der Waals surface area contributed by atoms with E-state index in [9.17, 15) is 20.1 Å². The molecular formula is C11H16N2O7. The van der Waals surface area contributed by atoms with Crippen molar-refractivity contribution in [1.82, 2.24) is 5.43 Å². The highest BCUT2D eigenvalue weighted by molar-refractivity contribution is 5.83. The van der Waals surface area contributed by atoms with Crippen molar-refractivity contribution in [2.45, 2.75) is 24.4 Å². The summed E-state index contributed by atoms with van der Waals surface area (Å²) in [6, 6.07) is 3.18. The van der Waals surface area contributed by atoms with E-state index in [0.29, 0.717) is 5.76 Å². The van der Waals surface area contributed by atoms with Crippen LogP contribution in [0, 0.1) is 0 Å². The Bertz CT molecular complexity index is 434.